The fraction of sp³-hybridized carbons (Fsp3) is 0.120. The van der Waals surface area contributed by atoms with Crippen LogP contribution in [0.1, 0.15) is 15.2 Å². The van der Waals surface area contributed by atoms with Gasteiger partial charge in [-0.15, -0.1) is 11.3 Å². The average Bonchev–Trinajstić information content (AvgIpc) is 3.29. The second kappa shape index (κ2) is 11.4. The summed E-state index contributed by atoms with van der Waals surface area (Å²) in [4.78, 5) is 25.2. The van der Waals surface area contributed by atoms with Crippen LogP contribution in [0.15, 0.2) is 71.6 Å². The van der Waals surface area contributed by atoms with E-state index in [2.05, 4.69) is 5.32 Å². The maximum atomic E-state index is 13.5. The van der Waals surface area contributed by atoms with Gasteiger partial charge in [-0.25, -0.2) is 13.2 Å². The van der Waals surface area contributed by atoms with Crippen LogP contribution in [0, 0.1) is 0 Å². The van der Waals surface area contributed by atoms with Crippen molar-refractivity contribution < 1.29 is 22.7 Å². The van der Waals surface area contributed by atoms with E-state index in [1.54, 1.807) is 42.5 Å². The molecule has 4 rings (SSSR count). The molecular weight excluding hydrogens is 579 g/mol. The Kier molecular flexibility index (Phi) is 8.42. The van der Waals surface area contributed by atoms with Gasteiger partial charge in [-0.2, -0.15) is 4.31 Å². The maximum Gasteiger partial charge on any atom is 0.348 e. The van der Waals surface area contributed by atoms with Crippen molar-refractivity contribution in [3.05, 3.63) is 92.2 Å². The number of thiophene rings is 1. The molecule has 3 aromatic carbocycles. The second-order valence-electron chi connectivity index (χ2n) is 7.88. The summed E-state index contributed by atoms with van der Waals surface area (Å²) in [6.45, 7) is -0.596. The van der Waals surface area contributed by atoms with Gasteiger partial charge in [0, 0.05) is 22.0 Å². The number of rotatable bonds is 8. The number of fused-ring (bicyclic) bond motifs is 1. The number of methoxy groups -OCH3 is 1. The molecule has 0 saturated carbocycles. The molecule has 4 aromatic rings. The first kappa shape index (κ1) is 27.4. The summed E-state index contributed by atoms with van der Waals surface area (Å²) >= 11 is 19.3. The van der Waals surface area contributed by atoms with E-state index in [0.29, 0.717) is 26.2 Å². The highest BCUT2D eigenvalue weighted by molar-refractivity contribution is 7.89. The van der Waals surface area contributed by atoms with Crippen molar-refractivity contribution in [1.82, 2.24) is 4.31 Å². The number of amides is 1. The Bertz CT molecular complexity index is 1590. The zero-order valence-corrected chi connectivity index (χ0v) is 23.1. The van der Waals surface area contributed by atoms with Crippen molar-refractivity contribution in [3.8, 4) is 0 Å². The monoisotopic (exact) mass is 596 g/mol. The summed E-state index contributed by atoms with van der Waals surface area (Å²) < 4.78 is 33.6. The van der Waals surface area contributed by atoms with Gasteiger partial charge in [-0.3, -0.25) is 4.79 Å². The first-order valence-electron chi connectivity index (χ1n) is 10.7. The lowest BCUT2D eigenvalue weighted by Crippen LogP contribution is -2.37. The molecule has 0 saturated heterocycles. The Balaban J connectivity index is 1.59. The van der Waals surface area contributed by atoms with E-state index in [4.69, 9.17) is 39.5 Å². The smallest absolute Gasteiger partial charge is 0.348 e. The molecule has 0 spiro atoms. The van der Waals surface area contributed by atoms with Crippen LogP contribution >= 0.6 is 46.1 Å². The molecule has 7 nitrogen and oxygen atoms in total. The average molecular weight is 598 g/mol. The fourth-order valence-electron chi connectivity index (χ4n) is 3.51. The van der Waals surface area contributed by atoms with Crippen molar-refractivity contribution >= 4 is 83.8 Å². The van der Waals surface area contributed by atoms with E-state index in [1.165, 1.54) is 42.7 Å². The lowest BCUT2D eigenvalue weighted by molar-refractivity contribution is -0.116. The molecule has 0 radical (unpaired) electrons. The van der Waals surface area contributed by atoms with Crippen LogP contribution in [-0.4, -0.2) is 38.3 Å². The Hall–Kier alpha value is -2.66. The van der Waals surface area contributed by atoms with Crippen molar-refractivity contribution in [2.45, 2.75) is 11.4 Å². The predicted molar refractivity (Wildman–Crippen MR) is 147 cm³/mol. The minimum absolute atomic E-state index is 0.0141. The Morgan fingerprint density at radius 2 is 1.68 bits per heavy atom. The number of halogens is 3. The quantitative estimate of drug-likeness (QED) is 0.235. The minimum atomic E-state index is -4.08. The zero-order valence-electron chi connectivity index (χ0n) is 19.2. The highest BCUT2D eigenvalue weighted by Gasteiger charge is 2.27. The maximum absolute atomic E-state index is 13.5. The predicted octanol–water partition coefficient (Wildman–Crippen LogP) is 6.48. The van der Waals surface area contributed by atoms with Crippen LogP contribution in [-0.2, 0) is 26.1 Å². The zero-order chi connectivity index (χ0) is 26.7. The fourth-order valence-corrected chi connectivity index (χ4v) is 6.30. The Morgan fingerprint density at radius 1 is 0.946 bits per heavy atom. The van der Waals surface area contributed by atoms with Gasteiger partial charge >= 0.3 is 5.97 Å². The van der Waals surface area contributed by atoms with Gasteiger partial charge in [0.2, 0.25) is 15.9 Å². The number of esters is 1. The molecule has 1 amide bonds. The highest BCUT2D eigenvalue weighted by Crippen LogP contribution is 2.29. The molecular formula is C25H19Cl3N2O5S2. The number of benzene rings is 3. The SMILES string of the molecule is COC(=O)c1cc2cc(NC(=O)CN(Cc3ccc(Cl)c(Cl)c3)S(=O)(=O)c3ccc(Cl)cc3)ccc2s1. The molecule has 0 aliphatic carbocycles. The molecule has 0 aliphatic heterocycles. The first-order chi connectivity index (χ1) is 17.6. The van der Waals surface area contributed by atoms with E-state index in [1.807, 2.05) is 0 Å². The van der Waals surface area contributed by atoms with Crippen LogP contribution in [0.4, 0.5) is 5.69 Å². The van der Waals surface area contributed by atoms with Crippen molar-refractivity contribution in [2.75, 3.05) is 19.0 Å². The normalized spacial score (nSPS) is 11.6. The van der Waals surface area contributed by atoms with Crippen molar-refractivity contribution in [3.63, 3.8) is 0 Å². The first-order valence-corrected chi connectivity index (χ1v) is 14.1. The number of ether oxygens (including phenoxy) is 1. The Labute approximate surface area is 232 Å². The summed E-state index contributed by atoms with van der Waals surface area (Å²) in [6, 6.07) is 17.2. The number of hydrogen-bond acceptors (Lipinski definition) is 6. The van der Waals surface area contributed by atoms with E-state index >= 15 is 0 Å². The number of anilines is 1. The third kappa shape index (κ3) is 6.43. The molecule has 192 valence electrons. The minimum Gasteiger partial charge on any atom is -0.465 e. The molecule has 0 unspecified atom stereocenters. The van der Waals surface area contributed by atoms with Gasteiger partial charge in [0.1, 0.15) is 4.88 Å². The third-order valence-corrected chi connectivity index (χ3v) is 9.19. The molecule has 0 atom stereocenters. The number of nitrogens with one attached hydrogen (secondary N) is 1. The van der Waals surface area contributed by atoms with Gasteiger partial charge < -0.3 is 10.1 Å². The van der Waals surface area contributed by atoms with E-state index in [0.717, 1.165) is 14.4 Å². The Morgan fingerprint density at radius 3 is 2.35 bits per heavy atom. The van der Waals surface area contributed by atoms with Crippen LogP contribution in [0.5, 0.6) is 0 Å². The van der Waals surface area contributed by atoms with Gasteiger partial charge in [0.15, 0.2) is 0 Å². The summed E-state index contributed by atoms with van der Waals surface area (Å²) in [5, 5.41) is 4.45. The topological polar surface area (TPSA) is 92.8 Å². The summed E-state index contributed by atoms with van der Waals surface area (Å²) in [6.07, 6.45) is 0. The number of nitrogens with zero attached hydrogens (tertiary/aromatic N) is 1. The van der Waals surface area contributed by atoms with Crippen LogP contribution in [0.25, 0.3) is 10.1 Å². The van der Waals surface area contributed by atoms with E-state index < -0.39 is 28.4 Å². The molecule has 0 bridgehead atoms. The van der Waals surface area contributed by atoms with Crippen molar-refractivity contribution in [2.24, 2.45) is 0 Å². The number of carbonyl (C=O) groups excluding carboxylic acids is 2. The van der Waals surface area contributed by atoms with E-state index in [9.17, 15) is 18.0 Å². The number of sulfonamides is 1. The summed E-state index contributed by atoms with van der Waals surface area (Å²) in [7, 11) is -2.78. The second-order valence-corrected chi connectivity index (χ2v) is 12.2. The number of carbonyl (C=O) groups is 2. The summed E-state index contributed by atoms with van der Waals surface area (Å²) in [5.74, 6) is -1.00. The molecule has 0 fully saturated rings. The van der Waals surface area contributed by atoms with E-state index in [-0.39, 0.29) is 16.5 Å². The van der Waals surface area contributed by atoms with Crippen LogP contribution in [0.2, 0.25) is 15.1 Å². The standard InChI is InChI=1S/C25H19Cl3N2O5S2/c1-35-25(32)23-12-16-11-18(5-9-22(16)36-23)29-24(31)14-30(13-15-2-8-20(27)21(28)10-15)37(33,34)19-6-3-17(26)4-7-19/h2-12H,13-14H2,1H3,(H,29,31). The molecule has 1 N–H and O–H groups in total. The lowest BCUT2D eigenvalue weighted by Gasteiger charge is -2.22. The van der Waals surface area contributed by atoms with Gasteiger partial charge in [0.25, 0.3) is 0 Å². The van der Waals surface area contributed by atoms with Gasteiger partial charge in [-0.1, -0.05) is 40.9 Å². The largest absolute Gasteiger partial charge is 0.465 e. The highest BCUT2D eigenvalue weighted by atomic mass is 35.5. The van der Waals surface area contributed by atoms with Crippen molar-refractivity contribution in [1.29, 1.82) is 0 Å². The molecule has 1 heterocycles. The molecule has 37 heavy (non-hydrogen) atoms. The summed E-state index contributed by atoms with van der Waals surface area (Å²) in [5.41, 5.74) is 1.000. The molecule has 1 aromatic heterocycles. The molecule has 0 aliphatic rings. The number of hydrogen-bond donors (Lipinski definition) is 1. The lowest BCUT2D eigenvalue weighted by atomic mass is 10.2. The third-order valence-electron chi connectivity index (χ3n) is 5.30. The van der Waals surface area contributed by atoms with Crippen LogP contribution < -0.4 is 5.32 Å². The van der Waals surface area contributed by atoms with Crippen LogP contribution in [0.3, 0.4) is 0 Å². The van der Waals surface area contributed by atoms with Gasteiger partial charge in [-0.05, 0) is 71.6 Å². The van der Waals surface area contributed by atoms with Gasteiger partial charge in [0.05, 0.1) is 28.6 Å². The molecule has 12 heteroatoms.